The maximum Gasteiger partial charge on any atom is 0.239 e. The van der Waals surface area contributed by atoms with Crippen LogP contribution in [0.3, 0.4) is 0 Å². The Bertz CT molecular complexity index is 738. The Hall–Kier alpha value is -2.82. The van der Waals surface area contributed by atoms with E-state index in [2.05, 4.69) is 10.6 Å². The predicted octanol–water partition coefficient (Wildman–Crippen LogP) is 3.75. The molecule has 0 spiro atoms. The van der Waals surface area contributed by atoms with E-state index in [1.54, 1.807) is 38.1 Å². The number of carbonyl (C=O) groups is 2. The molecule has 0 fully saturated rings. The number of amides is 2. The molecule has 0 heterocycles. The molecule has 0 atom stereocenters. The van der Waals surface area contributed by atoms with E-state index in [0.29, 0.717) is 12.2 Å². The van der Waals surface area contributed by atoms with Gasteiger partial charge in [-0.2, -0.15) is 0 Å². The van der Waals surface area contributed by atoms with E-state index >= 15 is 0 Å². The minimum Gasteiger partial charge on any atom is -0.491 e. The standard InChI is InChI=1S/C21H26N2O3/c1-15(2)26-18-12-10-17(11-13-18)23-20(25)21(3,4)19(24)22-14-16-8-6-5-7-9-16/h5-13,15H,14H2,1-4H3,(H,22,24)(H,23,25). The van der Waals surface area contributed by atoms with E-state index in [1.165, 1.54) is 0 Å². The zero-order valence-electron chi connectivity index (χ0n) is 15.7. The Morgan fingerprint density at radius 2 is 1.58 bits per heavy atom. The lowest BCUT2D eigenvalue weighted by molar-refractivity contribution is -0.138. The van der Waals surface area contributed by atoms with Gasteiger partial charge in [0.25, 0.3) is 0 Å². The number of hydrogen-bond donors (Lipinski definition) is 2. The highest BCUT2D eigenvalue weighted by Crippen LogP contribution is 2.21. The van der Waals surface area contributed by atoms with Gasteiger partial charge < -0.3 is 15.4 Å². The molecule has 0 saturated heterocycles. The van der Waals surface area contributed by atoms with E-state index in [-0.39, 0.29) is 17.9 Å². The van der Waals surface area contributed by atoms with Gasteiger partial charge in [0.1, 0.15) is 11.2 Å². The molecule has 26 heavy (non-hydrogen) atoms. The van der Waals surface area contributed by atoms with E-state index in [1.807, 2.05) is 44.2 Å². The summed E-state index contributed by atoms with van der Waals surface area (Å²) in [5.74, 6) is 0.0528. The third-order valence-corrected chi connectivity index (χ3v) is 3.92. The van der Waals surface area contributed by atoms with Crippen molar-refractivity contribution in [3.8, 4) is 5.75 Å². The van der Waals surface area contributed by atoms with Crippen LogP contribution in [0.15, 0.2) is 54.6 Å². The Labute approximate surface area is 154 Å². The summed E-state index contributed by atoms with van der Waals surface area (Å²) in [5, 5.41) is 5.60. The van der Waals surface area contributed by atoms with Crippen LogP contribution in [0.4, 0.5) is 5.69 Å². The van der Waals surface area contributed by atoms with Crippen molar-refractivity contribution < 1.29 is 14.3 Å². The fraction of sp³-hybridized carbons (Fsp3) is 0.333. The van der Waals surface area contributed by atoms with E-state index in [9.17, 15) is 9.59 Å². The molecule has 0 radical (unpaired) electrons. The Morgan fingerprint density at radius 1 is 0.962 bits per heavy atom. The lowest BCUT2D eigenvalue weighted by Crippen LogP contribution is -2.44. The summed E-state index contributed by atoms with van der Waals surface area (Å²) in [4.78, 5) is 25.0. The molecular formula is C21H26N2O3. The molecule has 2 rings (SSSR count). The van der Waals surface area contributed by atoms with Gasteiger partial charge in [0.05, 0.1) is 6.10 Å². The zero-order valence-corrected chi connectivity index (χ0v) is 15.7. The summed E-state index contributed by atoms with van der Waals surface area (Å²) in [6.07, 6.45) is 0.0858. The summed E-state index contributed by atoms with van der Waals surface area (Å²) < 4.78 is 5.58. The SMILES string of the molecule is CC(C)Oc1ccc(NC(=O)C(C)(C)C(=O)NCc2ccccc2)cc1. The second-order valence-corrected chi connectivity index (χ2v) is 6.94. The summed E-state index contributed by atoms with van der Waals surface area (Å²) in [7, 11) is 0. The largest absolute Gasteiger partial charge is 0.491 e. The molecule has 2 amide bonds. The quantitative estimate of drug-likeness (QED) is 0.744. The molecule has 5 nitrogen and oxygen atoms in total. The van der Waals surface area contributed by atoms with E-state index in [0.717, 1.165) is 11.3 Å². The van der Waals surface area contributed by atoms with Gasteiger partial charge in [-0.15, -0.1) is 0 Å². The van der Waals surface area contributed by atoms with Crippen molar-refractivity contribution in [3.05, 3.63) is 60.2 Å². The number of rotatable bonds is 7. The van der Waals surface area contributed by atoms with Crippen molar-refractivity contribution in [3.63, 3.8) is 0 Å². The number of hydrogen-bond acceptors (Lipinski definition) is 3. The first kappa shape index (κ1) is 19.5. The molecule has 5 heteroatoms. The number of carbonyl (C=O) groups excluding carboxylic acids is 2. The van der Waals surface area contributed by atoms with Crippen LogP contribution in [0, 0.1) is 5.41 Å². The second kappa shape index (κ2) is 8.52. The highest BCUT2D eigenvalue weighted by atomic mass is 16.5. The Morgan fingerprint density at radius 3 is 2.15 bits per heavy atom. The van der Waals surface area contributed by atoms with Crippen molar-refractivity contribution in [1.82, 2.24) is 5.32 Å². The lowest BCUT2D eigenvalue weighted by atomic mass is 9.90. The van der Waals surface area contributed by atoms with Crippen LogP contribution in [-0.2, 0) is 16.1 Å². The van der Waals surface area contributed by atoms with Crippen molar-refractivity contribution >= 4 is 17.5 Å². The minimum absolute atomic E-state index is 0.0858. The number of ether oxygens (including phenoxy) is 1. The zero-order chi connectivity index (χ0) is 19.2. The van der Waals surface area contributed by atoms with Gasteiger partial charge >= 0.3 is 0 Å². The first-order chi connectivity index (χ1) is 12.3. The minimum atomic E-state index is -1.19. The monoisotopic (exact) mass is 354 g/mol. The summed E-state index contributed by atoms with van der Waals surface area (Å²) in [6, 6.07) is 16.7. The first-order valence-electron chi connectivity index (χ1n) is 8.69. The van der Waals surface area contributed by atoms with Crippen LogP contribution in [0.25, 0.3) is 0 Å². The fourth-order valence-electron chi connectivity index (χ4n) is 2.28. The molecule has 0 aliphatic rings. The summed E-state index contributed by atoms with van der Waals surface area (Å²) in [6.45, 7) is 7.51. The van der Waals surface area contributed by atoms with Gasteiger partial charge in [0.2, 0.25) is 11.8 Å². The van der Waals surface area contributed by atoms with Crippen molar-refractivity contribution in [2.24, 2.45) is 5.41 Å². The fourth-order valence-corrected chi connectivity index (χ4v) is 2.28. The molecule has 2 aromatic carbocycles. The highest BCUT2D eigenvalue weighted by molar-refractivity contribution is 6.09. The van der Waals surface area contributed by atoms with E-state index < -0.39 is 5.41 Å². The molecule has 2 aromatic rings. The molecule has 0 aliphatic carbocycles. The summed E-state index contributed by atoms with van der Waals surface area (Å²) in [5.41, 5.74) is 0.412. The van der Waals surface area contributed by atoms with Crippen LogP contribution in [-0.4, -0.2) is 17.9 Å². The van der Waals surface area contributed by atoms with Crippen LogP contribution >= 0.6 is 0 Å². The average Bonchev–Trinajstić information content (AvgIpc) is 2.61. The highest BCUT2D eigenvalue weighted by Gasteiger charge is 2.35. The van der Waals surface area contributed by atoms with Crippen molar-refractivity contribution in [2.75, 3.05) is 5.32 Å². The molecule has 2 N–H and O–H groups in total. The molecule has 138 valence electrons. The van der Waals surface area contributed by atoms with Crippen LogP contribution in [0.5, 0.6) is 5.75 Å². The molecule has 0 saturated carbocycles. The molecule has 0 aliphatic heterocycles. The topological polar surface area (TPSA) is 67.4 Å². The smallest absolute Gasteiger partial charge is 0.239 e. The predicted molar refractivity (Wildman–Crippen MR) is 103 cm³/mol. The van der Waals surface area contributed by atoms with E-state index in [4.69, 9.17) is 4.74 Å². The van der Waals surface area contributed by atoms with Gasteiger partial charge in [-0.05, 0) is 57.5 Å². The third kappa shape index (κ3) is 5.34. The number of nitrogens with one attached hydrogen (secondary N) is 2. The summed E-state index contributed by atoms with van der Waals surface area (Å²) >= 11 is 0. The average molecular weight is 354 g/mol. The molecule has 0 unspecified atom stereocenters. The lowest BCUT2D eigenvalue weighted by Gasteiger charge is -2.23. The van der Waals surface area contributed by atoms with Crippen molar-refractivity contribution in [1.29, 1.82) is 0 Å². The second-order valence-electron chi connectivity index (χ2n) is 6.94. The first-order valence-corrected chi connectivity index (χ1v) is 8.69. The number of benzene rings is 2. The maximum absolute atomic E-state index is 12.5. The molecular weight excluding hydrogens is 328 g/mol. The van der Waals surface area contributed by atoms with Gasteiger partial charge in [-0.1, -0.05) is 30.3 Å². The molecule has 0 aromatic heterocycles. The normalized spacial score (nSPS) is 11.1. The third-order valence-electron chi connectivity index (χ3n) is 3.92. The Balaban J connectivity index is 1.94. The maximum atomic E-state index is 12.5. The van der Waals surface area contributed by atoms with Gasteiger partial charge in [0.15, 0.2) is 0 Å². The van der Waals surface area contributed by atoms with Crippen LogP contribution < -0.4 is 15.4 Å². The van der Waals surface area contributed by atoms with Gasteiger partial charge in [-0.25, -0.2) is 0 Å². The van der Waals surface area contributed by atoms with Crippen LogP contribution in [0.1, 0.15) is 33.3 Å². The van der Waals surface area contributed by atoms with Gasteiger partial charge in [0, 0.05) is 12.2 Å². The molecule has 0 bridgehead atoms. The van der Waals surface area contributed by atoms with Crippen molar-refractivity contribution in [2.45, 2.75) is 40.3 Å². The van der Waals surface area contributed by atoms with Crippen LogP contribution in [0.2, 0.25) is 0 Å². The van der Waals surface area contributed by atoms with Gasteiger partial charge in [-0.3, -0.25) is 9.59 Å². The Kier molecular flexibility index (Phi) is 6.39. The number of anilines is 1.